The van der Waals surface area contributed by atoms with Gasteiger partial charge in [0.2, 0.25) is 0 Å². The topological polar surface area (TPSA) is 41.6 Å². The first-order chi connectivity index (χ1) is 7.70. The molecule has 0 amide bonds. The van der Waals surface area contributed by atoms with Gasteiger partial charge in [-0.05, 0) is 40.2 Å². The Kier molecular flexibility index (Phi) is 3.02. The summed E-state index contributed by atoms with van der Waals surface area (Å²) in [5.41, 5.74) is 1.43. The van der Waals surface area contributed by atoms with Crippen molar-refractivity contribution in [1.82, 2.24) is 9.78 Å². The van der Waals surface area contributed by atoms with Crippen LogP contribution in [0, 0.1) is 17.1 Å². The maximum atomic E-state index is 12.7. The molecule has 2 aromatic rings. The largest absolute Gasteiger partial charge is 0.240 e. The first-order valence-electron chi connectivity index (χ1n) is 4.57. The Morgan fingerprint density at radius 3 is 2.69 bits per heavy atom. The van der Waals surface area contributed by atoms with E-state index in [-0.39, 0.29) is 12.2 Å². The number of benzene rings is 1. The van der Waals surface area contributed by atoms with Crippen molar-refractivity contribution in [2.75, 3.05) is 0 Å². The fraction of sp³-hybridized carbons (Fsp3) is 0.0909. The van der Waals surface area contributed by atoms with Gasteiger partial charge in [0.05, 0.1) is 28.3 Å². The van der Waals surface area contributed by atoms with Crippen molar-refractivity contribution in [2.24, 2.45) is 0 Å². The van der Waals surface area contributed by atoms with E-state index in [2.05, 4.69) is 21.0 Å². The summed E-state index contributed by atoms with van der Waals surface area (Å²) in [7, 11) is 0. The normalized spacial score (nSPS) is 10.1. The molecule has 1 aromatic heterocycles. The van der Waals surface area contributed by atoms with Crippen molar-refractivity contribution >= 4 is 15.9 Å². The molecule has 0 aliphatic carbocycles. The number of hydrogen-bond donors (Lipinski definition) is 0. The van der Waals surface area contributed by atoms with E-state index in [9.17, 15) is 4.39 Å². The maximum absolute atomic E-state index is 12.7. The highest BCUT2D eigenvalue weighted by molar-refractivity contribution is 9.10. The van der Waals surface area contributed by atoms with E-state index in [0.29, 0.717) is 5.69 Å². The monoisotopic (exact) mass is 279 g/mol. The second-order valence-corrected chi connectivity index (χ2v) is 4.03. The molecule has 1 aromatic carbocycles. The molecule has 16 heavy (non-hydrogen) atoms. The van der Waals surface area contributed by atoms with Gasteiger partial charge in [-0.3, -0.25) is 0 Å². The van der Waals surface area contributed by atoms with Gasteiger partial charge in [0.25, 0.3) is 0 Å². The Morgan fingerprint density at radius 2 is 2.06 bits per heavy atom. The van der Waals surface area contributed by atoms with Crippen molar-refractivity contribution in [1.29, 1.82) is 5.26 Å². The molecule has 2 rings (SSSR count). The summed E-state index contributed by atoms with van der Waals surface area (Å²) in [5, 5.41) is 12.8. The molecule has 0 bridgehead atoms. The SMILES string of the molecule is N#CCc1nn(-c2ccc(F)cc2)cc1Br. The number of halogens is 2. The molecule has 0 N–H and O–H groups in total. The van der Waals surface area contributed by atoms with Crippen LogP contribution in [0.5, 0.6) is 0 Å². The summed E-state index contributed by atoms with van der Waals surface area (Å²) >= 11 is 3.32. The number of aromatic nitrogens is 2. The second kappa shape index (κ2) is 4.45. The van der Waals surface area contributed by atoms with Gasteiger partial charge in [-0.15, -0.1) is 0 Å². The molecular weight excluding hydrogens is 273 g/mol. The minimum Gasteiger partial charge on any atom is -0.240 e. The van der Waals surface area contributed by atoms with Gasteiger partial charge >= 0.3 is 0 Å². The van der Waals surface area contributed by atoms with Crippen LogP contribution in [-0.4, -0.2) is 9.78 Å². The standard InChI is InChI=1S/C11H7BrFN3/c12-10-7-16(15-11(10)5-6-14)9-3-1-8(13)2-4-9/h1-4,7H,5H2. The number of hydrogen-bond acceptors (Lipinski definition) is 2. The van der Waals surface area contributed by atoms with Crippen LogP contribution in [0.4, 0.5) is 4.39 Å². The zero-order valence-corrected chi connectivity index (χ0v) is 9.78. The van der Waals surface area contributed by atoms with Crippen molar-refractivity contribution < 1.29 is 4.39 Å². The van der Waals surface area contributed by atoms with Crippen LogP contribution in [-0.2, 0) is 6.42 Å². The molecule has 5 heteroatoms. The molecule has 0 fully saturated rings. The maximum Gasteiger partial charge on any atom is 0.123 e. The highest BCUT2D eigenvalue weighted by atomic mass is 79.9. The summed E-state index contributed by atoms with van der Waals surface area (Å²) < 4.78 is 15.1. The fourth-order valence-corrected chi connectivity index (χ4v) is 1.72. The van der Waals surface area contributed by atoms with Gasteiger partial charge in [-0.25, -0.2) is 9.07 Å². The van der Waals surface area contributed by atoms with Crippen molar-refractivity contribution in [3.8, 4) is 11.8 Å². The van der Waals surface area contributed by atoms with Crippen molar-refractivity contribution in [3.05, 3.63) is 46.4 Å². The summed E-state index contributed by atoms with van der Waals surface area (Å²) in [6, 6.07) is 8.03. The summed E-state index contributed by atoms with van der Waals surface area (Å²) in [6.07, 6.45) is 1.99. The van der Waals surface area contributed by atoms with Crippen LogP contribution in [0.25, 0.3) is 5.69 Å². The summed E-state index contributed by atoms with van der Waals surface area (Å²) in [6.45, 7) is 0. The lowest BCUT2D eigenvalue weighted by molar-refractivity contribution is 0.627. The molecule has 0 spiro atoms. The third-order valence-corrected chi connectivity index (χ3v) is 2.74. The quantitative estimate of drug-likeness (QED) is 0.848. The van der Waals surface area contributed by atoms with E-state index in [1.165, 1.54) is 12.1 Å². The predicted molar refractivity (Wildman–Crippen MR) is 60.5 cm³/mol. The lowest BCUT2D eigenvalue weighted by Gasteiger charge is -1.99. The molecular formula is C11H7BrFN3. The van der Waals surface area contributed by atoms with Crippen LogP contribution in [0.15, 0.2) is 34.9 Å². The highest BCUT2D eigenvalue weighted by Crippen LogP contribution is 2.18. The van der Waals surface area contributed by atoms with Gasteiger partial charge in [0.1, 0.15) is 5.82 Å². The number of nitriles is 1. The molecule has 0 atom stereocenters. The Balaban J connectivity index is 2.38. The van der Waals surface area contributed by atoms with Crippen LogP contribution in [0.2, 0.25) is 0 Å². The minimum atomic E-state index is -0.285. The Morgan fingerprint density at radius 1 is 1.38 bits per heavy atom. The van der Waals surface area contributed by atoms with E-state index in [1.54, 1.807) is 23.0 Å². The van der Waals surface area contributed by atoms with Crippen LogP contribution >= 0.6 is 15.9 Å². The van der Waals surface area contributed by atoms with E-state index in [4.69, 9.17) is 5.26 Å². The third-order valence-electron chi connectivity index (χ3n) is 2.08. The molecule has 1 heterocycles. The second-order valence-electron chi connectivity index (χ2n) is 3.18. The number of nitrogens with zero attached hydrogens (tertiary/aromatic N) is 3. The average Bonchev–Trinajstić information content (AvgIpc) is 2.62. The lowest BCUT2D eigenvalue weighted by atomic mass is 10.3. The molecule has 0 saturated heterocycles. The smallest absolute Gasteiger partial charge is 0.123 e. The van der Waals surface area contributed by atoms with E-state index < -0.39 is 0 Å². The molecule has 0 unspecified atom stereocenters. The summed E-state index contributed by atoms with van der Waals surface area (Å²) in [5.74, 6) is -0.285. The molecule has 0 radical (unpaired) electrons. The summed E-state index contributed by atoms with van der Waals surface area (Å²) in [4.78, 5) is 0. The molecule has 80 valence electrons. The molecule has 3 nitrogen and oxygen atoms in total. The van der Waals surface area contributed by atoms with E-state index >= 15 is 0 Å². The lowest BCUT2D eigenvalue weighted by Crippen LogP contribution is -1.95. The Hall–Kier alpha value is -1.67. The van der Waals surface area contributed by atoms with E-state index in [1.807, 2.05) is 6.07 Å². The average molecular weight is 280 g/mol. The highest BCUT2D eigenvalue weighted by Gasteiger charge is 2.07. The van der Waals surface area contributed by atoms with Gasteiger partial charge in [0, 0.05) is 6.20 Å². The van der Waals surface area contributed by atoms with Gasteiger partial charge in [-0.1, -0.05) is 0 Å². The first-order valence-corrected chi connectivity index (χ1v) is 5.37. The Labute approximate surface area is 100 Å². The zero-order chi connectivity index (χ0) is 11.5. The zero-order valence-electron chi connectivity index (χ0n) is 8.19. The molecule has 0 aliphatic rings. The van der Waals surface area contributed by atoms with Crippen LogP contribution in [0.3, 0.4) is 0 Å². The molecule has 0 saturated carbocycles. The van der Waals surface area contributed by atoms with Crippen molar-refractivity contribution in [2.45, 2.75) is 6.42 Å². The fourth-order valence-electron chi connectivity index (χ4n) is 1.31. The van der Waals surface area contributed by atoms with Crippen LogP contribution in [0.1, 0.15) is 5.69 Å². The van der Waals surface area contributed by atoms with Crippen LogP contribution < -0.4 is 0 Å². The minimum absolute atomic E-state index is 0.245. The predicted octanol–water partition coefficient (Wildman–Crippen LogP) is 2.84. The van der Waals surface area contributed by atoms with Gasteiger partial charge in [-0.2, -0.15) is 10.4 Å². The van der Waals surface area contributed by atoms with E-state index in [0.717, 1.165) is 10.2 Å². The first kappa shape index (κ1) is 10.8. The third kappa shape index (κ3) is 2.12. The Bertz CT molecular complexity index is 539. The van der Waals surface area contributed by atoms with Gasteiger partial charge in [0.15, 0.2) is 0 Å². The number of rotatable bonds is 2. The van der Waals surface area contributed by atoms with Gasteiger partial charge < -0.3 is 0 Å². The van der Waals surface area contributed by atoms with Crippen molar-refractivity contribution in [3.63, 3.8) is 0 Å². The molecule has 0 aliphatic heterocycles.